The molecule has 188 valence electrons. The van der Waals surface area contributed by atoms with Crippen molar-refractivity contribution in [2.24, 2.45) is 5.73 Å². The standard InChI is InChI=1S/C25H28N6O4S/c1-35-18-8-5-16(6-9-18)27-20-13-17(28-22(32)14-31-11-3-2-4-12-31)7-10-19(20)24(34)30-25-29-21(15-36-25)23(26)33/h5-10,13,15,27H,2-4,11-12,14H2,1H3,(H2,26,33)(H,28,32)(H,29,30,34). The van der Waals surface area contributed by atoms with E-state index in [4.69, 9.17) is 10.5 Å². The fourth-order valence-electron chi connectivity index (χ4n) is 3.88. The SMILES string of the molecule is COc1ccc(Nc2cc(NC(=O)CN3CCCCC3)ccc2C(=O)Nc2nc(C(N)=O)cs2)cc1. The van der Waals surface area contributed by atoms with Crippen LogP contribution in [0.3, 0.4) is 0 Å². The first kappa shape index (κ1) is 25.1. The lowest BCUT2D eigenvalue weighted by atomic mass is 10.1. The molecular weight excluding hydrogens is 480 g/mol. The third kappa shape index (κ3) is 6.58. The maximum absolute atomic E-state index is 13.1. The third-order valence-corrected chi connectivity index (χ3v) is 6.47. The van der Waals surface area contributed by atoms with Gasteiger partial charge in [0, 0.05) is 16.8 Å². The lowest BCUT2D eigenvalue weighted by Gasteiger charge is -2.25. The van der Waals surface area contributed by atoms with E-state index in [0.29, 0.717) is 29.2 Å². The third-order valence-electron chi connectivity index (χ3n) is 5.71. The maximum Gasteiger partial charge on any atom is 0.268 e. The number of methoxy groups -OCH3 is 1. The number of thiazole rings is 1. The molecule has 0 spiro atoms. The molecule has 11 heteroatoms. The zero-order chi connectivity index (χ0) is 25.5. The molecule has 0 radical (unpaired) electrons. The summed E-state index contributed by atoms with van der Waals surface area (Å²) < 4.78 is 5.21. The number of amides is 3. The molecule has 3 aromatic rings. The van der Waals surface area contributed by atoms with Crippen molar-refractivity contribution in [1.82, 2.24) is 9.88 Å². The molecule has 0 saturated carbocycles. The molecule has 2 aromatic carbocycles. The summed E-state index contributed by atoms with van der Waals surface area (Å²) in [6, 6.07) is 12.3. The van der Waals surface area contributed by atoms with Crippen LogP contribution in [-0.2, 0) is 4.79 Å². The van der Waals surface area contributed by atoms with Crippen LogP contribution in [0, 0.1) is 0 Å². The molecule has 0 aliphatic carbocycles. The second-order valence-corrected chi connectivity index (χ2v) is 9.21. The zero-order valence-electron chi connectivity index (χ0n) is 19.9. The number of rotatable bonds is 9. The molecule has 1 aliphatic heterocycles. The van der Waals surface area contributed by atoms with Gasteiger partial charge in [-0.3, -0.25) is 24.6 Å². The van der Waals surface area contributed by atoms with Crippen LogP contribution < -0.4 is 26.4 Å². The number of primary amides is 1. The van der Waals surface area contributed by atoms with Crippen LogP contribution in [0.1, 0.15) is 40.1 Å². The van der Waals surface area contributed by atoms with Crippen molar-refractivity contribution in [1.29, 1.82) is 0 Å². The largest absolute Gasteiger partial charge is 0.497 e. The van der Waals surface area contributed by atoms with Gasteiger partial charge in [0.2, 0.25) is 5.91 Å². The van der Waals surface area contributed by atoms with Crippen molar-refractivity contribution in [2.75, 3.05) is 42.7 Å². The normalized spacial score (nSPS) is 13.6. The lowest BCUT2D eigenvalue weighted by molar-refractivity contribution is -0.117. The molecule has 0 bridgehead atoms. The Labute approximate surface area is 212 Å². The van der Waals surface area contributed by atoms with Crippen LogP contribution in [0.25, 0.3) is 0 Å². The van der Waals surface area contributed by atoms with E-state index in [1.807, 2.05) is 12.1 Å². The number of benzene rings is 2. The summed E-state index contributed by atoms with van der Waals surface area (Å²) in [5.41, 5.74) is 7.44. The van der Waals surface area contributed by atoms with Crippen LogP contribution in [0.15, 0.2) is 47.8 Å². The number of carbonyl (C=O) groups is 3. The molecule has 0 unspecified atom stereocenters. The number of aromatic nitrogens is 1. The maximum atomic E-state index is 13.1. The minimum Gasteiger partial charge on any atom is -0.497 e. The molecule has 1 aliphatic rings. The number of hydrogen-bond acceptors (Lipinski definition) is 8. The summed E-state index contributed by atoms with van der Waals surface area (Å²) in [5.74, 6) is -0.502. The smallest absolute Gasteiger partial charge is 0.268 e. The van der Waals surface area contributed by atoms with Crippen molar-refractivity contribution in [3.8, 4) is 5.75 Å². The van der Waals surface area contributed by atoms with Crippen LogP contribution in [0.5, 0.6) is 5.75 Å². The Balaban J connectivity index is 1.54. The molecule has 1 fully saturated rings. The van der Waals surface area contributed by atoms with Gasteiger partial charge in [0.05, 0.1) is 24.9 Å². The van der Waals surface area contributed by atoms with Gasteiger partial charge in [-0.15, -0.1) is 11.3 Å². The minimum absolute atomic E-state index is 0.0821. The number of anilines is 4. The number of piperidine rings is 1. The van der Waals surface area contributed by atoms with E-state index in [1.165, 1.54) is 11.8 Å². The molecule has 10 nitrogen and oxygen atoms in total. The van der Waals surface area contributed by atoms with Crippen LogP contribution in [0.2, 0.25) is 0 Å². The highest BCUT2D eigenvalue weighted by Gasteiger charge is 2.18. The molecule has 1 saturated heterocycles. The summed E-state index contributed by atoms with van der Waals surface area (Å²) in [4.78, 5) is 43.2. The van der Waals surface area contributed by atoms with Gasteiger partial charge in [0.25, 0.3) is 11.8 Å². The first-order valence-electron chi connectivity index (χ1n) is 11.6. The molecular formula is C25H28N6O4S. The quantitative estimate of drug-likeness (QED) is 0.346. The van der Waals surface area contributed by atoms with Gasteiger partial charge in [-0.1, -0.05) is 6.42 Å². The predicted octanol–water partition coefficient (Wildman–Crippen LogP) is 3.67. The fourth-order valence-corrected chi connectivity index (χ4v) is 4.58. The number of hydrogen-bond donors (Lipinski definition) is 4. The molecule has 0 atom stereocenters. The Morgan fingerprint density at radius 1 is 1.03 bits per heavy atom. The number of ether oxygens (including phenoxy) is 1. The van der Waals surface area contributed by atoms with Crippen LogP contribution in [0.4, 0.5) is 22.2 Å². The number of nitrogens with two attached hydrogens (primary N) is 1. The van der Waals surface area contributed by atoms with Gasteiger partial charge in [-0.25, -0.2) is 4.98 Å². The van der Waals surface area contributed by atoms with Crippen molar-refractivity contribution in [2.45, 2.75) is 19.3 Å². The highest BCUT2D eigenvalue weighted by atomic mass is 32.1. The van der Waals surface area contributed by atoms with E-state index < -0.39 is 11.8 Å². The van der Waals surface area contributed by atoms with E-state index in [0.717, 1.165) is 43.0 Å². The van der Waals surface area contributed by atoms with Crippen LogP contribution >= 0.6 is 11.3 Å². The van der Waals surface area contributed by atoms with Crippen molar-refractivity contribution >= 4 is 51.3 Å². The predicted molar refractivity (Wildman–Crippen MR) is 140 cm³/mol. The van der Waals surface area contributed by atoms with Crippen molar-refractivity contribution in [3.63, 3.8) is 0 Å². The average molecular weight is 509 g/mol. The fraction of sp³-hybridized carbons (Fsp3) is 0.280. The van der Waals surface area contributed by atoms with E-state index in [9.17, 15) is 14.4 Å². The summed E-state index contributed by atoms with van der Waals surface area (Å²) >= 11 is 1.10. The number of carbonyl (C=O) groups excluding carboxylic acids is 3. The second kappa shape index (κ2) is 11.6. The summed E-state index contributed by atoms with van der Waals surface area (Å²) in [5, 5.41) is 10.6. The van der Waals surface area contributed by atoms with E-state index in [2.05, 4.69) is 25.8 Å². The molecule has 2 heterocycles. The van der Waals surface area contributed by atoms with Crippen molar-refractivity contribution in [3.05, 3.63) is 59.1 Å². The Morgan fingerprint density at radius 2 is 1.75 bits per heavy atom. The monoisotopic (exact) mass is 508 g/mol. The van der Waals surface area contributed by atoms with E-state index in [1.54, 1.807) is 37.4 Å². The van der Waals surface area contributed by atoms with E-state index in [-0.39, 0.29) is 16.7 Å². The zero-order valence-corrected chi connectivity index (χ0v) is 20.7. The van der Waals surface area contributed by atoms with Gasteiger partial charge in [-0.05, 0) is 68.4 Å². The van der Waals surface area contributed by atoms with Gasteiger partial charge in [-0.2, -0.15) is 0 Å². The van der Waals surface area contributed by atoms with Gasteiger partial charge in [0.15, 0.2) is 5.13 Å². The minimum atomic E-state index is -0.668. The lowest BCUT2D eigenvalue weighted by Crippen LogP contribution is -2.36. The number of likely N-dealkylation sites (tertiary alicyclic amines) is 1. The highest BCUT2D eigenvalue weighted by molar-refractivity contribution is 7.14. The number of nitrogens with one attached hydrogen (secondary N) is 3. The molecule has 1 aromatic heterocycles. The molecule has 3 amide bonds. The van der Waals surface area contributed by atoms with Gasteiger partial charge in [0.1, 0.15) is 11.4 Å². The molecule has 36 heavy (non-hydrogen) atoms. The summed E-state index contributed by atoms with van der Waals surface area (Å²) in [6.45, 7) is 2.17. The molecule has 4 rings (SSSR count). The highest BCUT2D eigenvalue weighted by Crippen LogP contribution is 2.27. The van der Waals surface area contributed by atoms with Gasteiger partial charge >= 0.3 is 0 Å². The Kier molecular flexibility index (Phi) is 8.13. The molecule has 5 N–H and O–H groups in total. The first-order valence-corrected chi connectivity index (χ1v) is 12.4. The Bertz CT molecular complexity index is 1240. The first-order chi connectivity index (χ1) is 17.4. The van der Waals surface area contributed by atoms with Crippen LogP contribution in [-0.4, -0.2) is 54.3 Å². The van der Waals surface area contributed by atoms with Crippen molar-refractivity contribution < 1.29 is 19.1 Å². The summed E-state index contributed by atoms with van der Waals surface area (Å²) in [6.07, 6.45) is 3.41. The Hall–Kier alpha value is -3.96. The van der Waals surface area contributed by atoms with Gasteiger partial charge < -0.3 is 21.1 Å². The Morgan fingerprint density at radius 3 is 2.42 bits per heavy atom. The average Bonchev–Trinajstić information content (AvgIpc) is 3.34. The second-order valence-electron chi connectivity index (χ2n) is 8.36. The summed E-state index contributed by atoms with van der Waals surface area (Å²) in [7, 11) is 1.59. The van der Waals surface area contributed by atoms with E-state index >= 15 is 0 Å². The number of nitrogens with zero attached hydrogens (tertiary/aromatic N) is 2. The topological polar surface area (TPSA) is 139 Å².